The van der Waals surface area contributed by atoms with Crippen LogP contribution in [0.1, 0.15) is 26.2 Å². The van der Waals surface area contributed by atoms with E-state index in [1.807, 2.05) is 0 Å². The Hall–Kier alpha value is -3.07. The highest BCUT2D eigenvalue weighted by Crippen LogP contribution is 2.00. The SMILES string of the molecule is CC(NC(=O)C(CC(N)=O)NC(=O)C(CS)NC(=O)C(N)CCCN=C(N)N)C(=O)O. The Labute approximate surface area is 184 Å². The second-order valence-corrected chi connectivity index (χ2v) is 6.96. The molecule has 15 heteroatoms. The molecule has 0 rings (SSSR count). The van der Waals surface area contributed by atoms with E-state index in [0.717, 1.165) is 0 Å². The second-order valence-electron chi connectivity index (χ2n) is 6.60. The summed E-state index contributed by atoms with van der Waals surface area (Å²) >= 11 is 4.00. The first kappa shape index (κ1) is 27.9. The molecule has 0 spiro atoms. The van der Waals surface area contributed by atoms with E-state index in [1.165, 1.54) is 6.92 Å². The molecule has 4 amide bonds. The number of nitrogens with zero attached hydrogens (tertiary/aromatic N) is 1. The van der Waals surface area contributed by atoms with Crippen molar-refractivity contribution in [1.82, 2.24) is 16.0 Å². The molecule has 0 saturated carbocycles. The number of carbonyl (C=O) groups excluding carboxylic acids is 4. The minimum Gasteiger partial charge on any atom is -0.480 e. The van der Waals surface area contributed by atoms with Crippen LogP contribution in [0, 0.1) is 0 Å². The van der Waals surface area contributed by atoms with Crippen molar-refractivity contribution >= 4 is 48.2 Å². The zero-order chi connectivity index (χ0) is 24.1. The van der Waals surface area contributed by atoms with Crippen LogP contribution in [0.25, 0.3) is 0 Å². The molecular weight excluding hydrogens is 432 g/mol. The van der Waals surface area contributed by atoms with Gasteiger partial charge in [0.2, 0.25) is 23.6 Å². The summed E-state index contributed by atoms with van der Waals surface area (Å²) in [7, 11) is 0. The minimum atomic E-state index is -1.45. The van der Waals surface area contributed by atoms with Crippen LogP contribution < -0.4 is 38.9 Å². The molecule has 0 aromatic rings. The maximum atomic E-state index is 12.5. The molecule has 0 aliphatic rings. The summed E-state index contributed by atoms with van der Waals surface area (Å²) in [6, 6.07) is -4.85. The van der Waals surface area contributed by atoms with Gasteiger partial charge in [0.15, 0.2) is 5.96 Å². The predicted molar refractivity (Wildman–Crippen MR) is 115 cm³/mol. The van der Waals surface area contributed by atoms with Gasteiger partial charge >= 0.3 is 5.97 Å². The van der Waals surface area contributed by atoms with Crippen LogP contribution in [0.15, 0.2) is 4.99 Å². The Kier molecular flexibility index (Phi) is 12.6. The number of rotatable bonds is 14. The predicted octanol–water partition coefficient (Wildman–Crippen LogP) is -4.27. The summed E-state index contributed by atoms with van der Waals surface area (Å²) in [5, 5.41) is 15.7. The minimum absolute atomic E-state index is 0.0860. The quantitative estimate of drug-likeness (QED) is 0.0523. The highest BCUT2D eigenvalue weighted by atomic mass is 32.1. The lowest BCUT2D eigenvalue weighted by Crippen LogP contribution is -2.58. The molecule has 14 nitrogen and oxygen atoms in total. The third kappa shape index (κ3) is 11.6. The number of carbonyl (C=O) groups is 5. The zero-order valence-corrected chi connectivity index (χ0v) is 17.9. The molecule has 0 aliphatic heterocycles. The van der Waals surface area contributed by atoms with Crippen LogP contribution in [0.4, 0.5) is 0 Å². The standard InChI is InChI=1S/C16H30N8O6S/c1-7(15(29)30)22-13(27)9(5-11(18)25)23-14(28)10(6-31)24-12(26)8(17)3-2-4-21-16(19)20/h7-10,31H,2-6,17H2,1H3,(H2,18,25)(H,22,27)(H,23,28)(H,24,26)(H,29,30)(H4,19,20,21). The number of aliphatic imine (C=N–C) groups is 1. The van der Waals surface area contributed by atoms with Gasteiger partial charge in [-0.2, -0.15) is 12.6 Å². The van der Waals surface area contributed by atoms with Crippen LogP contribution in [0.3, 0.4) is 0 Å². The number of carboxylic acid groups (broad SMARTS) is 1. The first-order chi connectivity index (χ1) is 14.4. The third-order valence-electron chi connectivity index (χ3n) is 3.89. The molecule has 0 bridgehead atoms. The van der Waals surface area contributed by atoms with E-state index in [-0.39, 0.29) is 24.7 Å². The van der Waals surface area contributed by atoms with E-state index < -0.39 is 60.2 Å². The normalized spacial score (nSPS) is 14.3. The van der Waals surface area contributed by atoms with Gasteiger partial charge in [0, 0.05) is 12.3 Å². The van der Waals surface area contributed by atoms with Gasteiger partial charge in [-0.05, 0) is 19.8 Å². The number of thiol groups is 1. The molecule has 0 aromatic heterocycles. The lowest BCUT2D eigenvalue weighted by atomic mass is 10.1. The molecular formula is C16H30N8O6S. The van der Waals surface area contributed by atoms with Crippen molar-refractivity contribution in [1.29, 1.82) is 0 Å². The molecule has 0 fully saturated rings. The van der Waals surface area contributed by atoms with Crippen LogP contribution >= 0.6 is 12.6 Å². The molecule has 0 saturated heterocycles. The van der Waals surface area contributed by atoms with Crippen LogP contribution in [-0.4, -0.2) is 77.1 Å². The summed E-state index contributed by atoms with van der Waals surface area (Å²) in [4.78, 5) is 62.8. The van der Waals surface area contributed by atoms with Crippen LogP contribution in [0.2, 0.25) is 0 Å². The molecule has 176 valence electrons. The Morgan fingerprint density at radius 1 is 0.968 bits per heavy atom. The van der Waals surface area contributed by atoms with Crippen molar-refractivity contribution in [2.24, 2.45) is 27.9 Å². The molecule has 0 aromatic carbocycles. The van der Waals surface area contributed by atoms with E-state index >= 15 is 0 Å². The van der Waals surface area contributed by atoms with Crippen molar-refractivity contribution < 1.29 is 29.1 Å². The molecule has 31 heavy (non-hydrogen) atoms. The number of hydrogen-bond donors (Lipinski definition) is 9. The fraction of sp³-hybridized carbons (Fsp3) is 0.625. The summed E-state index contributed by atoms with van der Waals surface area (Å²) in [5.74, 6) is -4.85. The fourth-order valence-corrected chi connectivity index (χ4v) is 2.44. The van der Waals surface area contributed by atoms with Crippen LogP contribution in [-0.2, 0) is 24.0 Å². The number of primary amides is 1. The Balaban J connectivity index is 4.98. The number of carboxylic acids is 1. The van der Waals surface area contributed by atoms with Crippen molar-refractivity contribution in [2.45, 2.75) is 50.4 Å². The van der Waals surface area contributed by atoms with Crippen molar-refractivity contribution in [2.75, 3.05) is 12.3 Å². The topological polar surface area (TPSA) is 258 Å². The molecule has 4 unspecified atom stereocenters. The summed E-state index contributed by atoms with van der Waals surface area (Å²) in [6.07, 6.45) is 0.0810. The summed E-state index contributed by atoms with van der Waals surface area (Å²) in [6.45, 7) is 1.48. The lowest BCUT2D eigenvalue weighted by Gasteiger charge is -2.23. The molecule has 12 N–H and O–H groups in total. The number of hydrogen-bond acceptors (Lipinski definition) is 8. The number of nitrogens with one attached hydrogen (secondary N) is 3. The average molecular weight is 463 g/mol. The lowest BCUT2D eigenvalue weighted by molar-refractivity contribution is -0.142. The number of aliphatic carboxylic acids is 1. The summed E-state index contributed by atoms with van der Waals surface area (Å²) < 4.78 is 0. The van der Waals surface area contributed by atoms with E-state index in [2.05, 4.69) is 33.6 Å². The van der Waals surface area contributed by atoms with Crippen LogP contribution in [0.5, 0.6) is 0 Å². The number of amides is 4. The van der Waals surface area contributed by atoms with E-state index in [4.69, 9.17) is 28.0 Å². The van der Waals surface area contributed by atoms with Gasteiger partial charge in [-0.25, -0.2) is 0 Å². The van der Waals surface area contributed by atoms with E-state index in [0.29, 0.717) is 6.42 Å². The molecule has 0 radical (unpaired) electrons. The van der Waals surface area contributed by atoms with E-state index in [9.17, 15) is 24.0 Å². The van der Waals surface area contributed by atoms with Crippen molar-refractivity contribution in [3.8, 4) is 0 Å². The number of guanidine groups is 1. The first-order valence-electron chi connectivity index (χ1n) is 9.23. The highest BCUT2D eigenvalue weighted by molar-refractivity contribution is 7.80. The second kappa shape index (κ2) is 14.0. The maximum absolute atomic E-state index is 12.5. The van der Waals surface area contributed by atoms with Gasteiger partial charge in [-0.1, -0.05) is 0 Å². The summed E-state index contributed by atoms with van der Waals surface area (Å²) in [5.41, 5.74) is 21.3. The fourth-order valence-electron chi connectivity index (χ4n) is 2.18. The third-order valence-corrected chi connectivity index (χ3v) is 4.25. The smallest absolute Gasteiger partial charge is 0.325 e. The Morgan fingerprint density at radius 2 is 1.52 bits per heavy atom. The maximum Gasteiger partial charge on any atom is 0.325 e. The van der Waals surface area contributed by atoms with Gasteiger partial charge in [0.25, 0.3) is 0 Å². The van der Waals surface area contributed by atoms with Gasteiger partial charge in [0.1, 0.15) is 18.1 Å². The Bertz CT molecular complexity index is 700. The monoisotopic (exact) mass is 462 g/mol. The molecule has 0 heterocycles. The van der Waals surface area contributed by atoms with Gasteiger partial charge in [-0.15, -0.1) is 0 Å². The molecule has 4 atom stereocenters. The Morgan fingerprint density at radius 3 is 2.00 bits per heavy atom. The van der Waals surface area contributed by atoms with Crippen molar-refractivity contribution in [3.63, 3.8) is 0 Å². The average Bonchev–Trinajstić information content (AvgIpc) is 2.67. The van der Waals surface area contributed by atoms with Gasteiger partial charge in [0.05, 0.1) is 12.5 Å². The van der Waals surface area contributed by atoms with Gasteiger partial charge in [-0.3, -0.25) is 29.0 Å². The van der Waals surface area contributed by atoms with E-state index in [1.54, 1.807) is 0 Å². The zero-order valence-electron chi connectivity index (χ0n) is 17.0. The number of nitrogens with two attached hydrogens (primary N) is 4. The first-order valence-corrected chi connectivity index (χ1v) is 9.86. The van der Waals surface area contributed by atoms with Gasteiger partial charge < -0.3 is 44.0 Å². The highest BCUT2D eigenvalue weighted by Gasteiger charge is 2.29. The molecule has 0 aliphatic carbocycles. The van der Waals surface area contributed by atoms with Crippen molar-refractivity contribution in [3.05, 3.63) is 0 Å². The largest absolute Gasteiger partial charge is 0.480 e.